The second-order valence-electron chi connectivity index (χ2n) is 5.43. The summed E-state index contributed by atoms with van der Waals surface area (Å²) in [4.78, 5) is 15.3. The van der Waals surface area contributed by atoms with E-state index in [1.807, 2.05) is 4.90 Å². The average Bonchev–Trinajstić information content (AvgIpc) is 2.84. The van der Waals surface area contributed by atoms with Crippen LogP contribution in [0.1, 0.15) is 36.8 Å². The van der Waals surface area contributed by atoms with E-state index in [0.717, 1.165) is 13.0 Å². The standard InChI is InChI=1S/C13H21N3OS/c1-9-4-7-18-11(9)10-8-16(12(17)15-10)13(2,3)5-6-14/h4,7,10H,5-6,8,14H2,1-3H3,(H,15,17). The van der Waals surface area contributed by atoms with Gasteiger partial charge in [-0.25, -0.2) is 4.79 Å². The molecule has 3 N–H and O–H groups in total. The Hall–Kier alpha value is -1.07. The molecule has 2 heterocycles. The summed E-state index contributed by atoms with van der Waals surface area (Å²) in [7, 11) is 0. The number of urea groups is 1. The van der Waals surface area contributed by atoms with Crippen LogP contribution >= 0.6 is 11.3 Å². The highest BCUT2D eigenvalue weighted by Gasteiger charge is 2.39. The average molecular weight is 267 g/mol. The zero-order valence-corrected chi connectivity index (χ0v) is 12.0. The lowest BCUT2D eigenvalue weighted by Crippen LogP contribution is -2.46. The number of carbonyl (C=O) groups is 1. The Kier molecular flexibility index (Phi) is 3.64. The maximum Gasteiger partial charge on any atom is 0.318 e. The van der Waals surface area contributed by atoms with Crippen LogP contribution in [0.15, 0.2) is 11.4 Å². The van der Waals surface area contributed by atoms with Gasteiger partial charge in [0.05, 0.1) is 6.04 Å². The first kappa shape index (κ1) is 13.4. The van der Waals surface area contributed by atoms with Gasteiger partial charge in [0, 0.05) is 17.0 Å². The van der Waals surface area contributed by atoms with Crippen molar-refractivity contribution in [1.29, 1.82) is 0 Å². The highest BCUT2D eigenvalue weighted by Crippen LogP contribution is 2.32. The molecule has 0 bridgehead atoms. The van der Waals surface area contributed by atoms with Crippen LogP contribution in [0.2, 0.25) is 0 Å². The number of carbonyl (C=O) groups excluding carboxylic acids is 1. The lowest BCUT2D eigenvalue weighted by molar-refractivity contribution is 0.153. The Bertz CT molecular complexity index is 441. The van der Waals surface area contributed by atoms with Crippen LogP contribution in [0.25, 0.3) is 0 Å². The number of aryl methyl sites for hydroxylation is 1. The van der Waals surface area contributed by atoms with Gasteiger partial charge in [-0.15, -0.1) is 11.3 Å². The summed E-state index contributed by atoms with van der Waals surface area (Å²) in [5, 5.41) is 5.14. The van der Waals surface area contributed by atoms with E-state index in [0.29, 0.717) is 6.54 Å². The molecule has 1 aliphatic rings. The summed E-state index contributed by atoms with van der Waals surface area (Å²) in [6.07, 6.45) is 0.816. The molecule has 0 radical (unpaired) electrons. The Morgan fingerprint density at radius 2 is 2.33 bits per heavy atom. The van der Waals surface area contributed by atoms with Crippen LogP contribution in [0.3, 0.4) is 0 Å². The molecule has 5 heteroatoms. The maximum absolute atomic E-state index is 12.1. The van der Waals surface area contributed by atoms with Gasteiger partial charge in [0.1, 0.15) is 0 Å². The van der Waals surface area contributed by atoms with Crippen molar-refractivity contribution in [1.82, 2.24) is 10.2 Å². The van der Waals surface area contributed by atoms with Crippen molar-refractivity contribution < 1.29 is 4.79 Å². The van der Waals surface area contributed by atoms with E-state index < -0.39 is 0 Å². The number of rotatable bonds is 4. The quantitative estimate of drug-likeness (QED) is 0.879. The summed E-state index contributed by atoms with van der Waals surface area (Å²) < 4.78 is 0. The van der Waals surface area contributed by atoms with Crippen molar-refractivity contribution >= 4 is 17.4 Å². The fraction of sp³-hybridized carbons (Fsp3) is 0.615. The maximum atomic E-state index is 12.1. The van der Waals surface area contributed by atoms with E-state index in [-0.39, 0.29) is 17.6 Å². The molecular weight excluding hydrogens is 246 g/mol. The molecule has 1 fully saturated rings. The molecule has 1 aliphatic heterocycles. The third-order valence-electron chi connectivity index (χ3n) is 3.61. The summed E-state index contributed by atoms with van der Waals surface area (Å²) in [6, 6.07) is 2.24. The Labute approximate surface area is 112 Å². The van der Waals surface area contributed by atoms with Crippen molar-refractivity contribution in [2.75, 3.05) is 13.1 Å². The summed E-state index contributed by atoms with van der Waals surface area (Å²) in [5.74, 6) is 0. The van der Waals surface area contributed by atoms with Crippen molar-refractivity contribution in [3.8, 4) is 0 Å². The predicted octanol–water partition coefficient (Wildman–Crippen LogP) is 2.25. The Morgan fingerprint density at radius 1 is 1.61 bits per heavy atom. The molecule has 18 heavy (non-hydrogen) atoms. The van der Waals surface area contributed by atoms with Crippen molar-refractivity contribution in [2.24, 2.45) is 5.73 Å². The lowest BCUT2D eigenvalue weighted by atomic mass is 9.98. The van der Waals surface area contributed by atoms with E-state index in [1.54, 1.807) is 11.3 Å². The number of nitrogens with one attached hydrogen (secondary N) is 1. The molecule has 0 saturated carbocycles. The van der Waals surface area contributed by atoms with Gasteiger partial charge in [0.15, 0.2) is 0 Å². The highest BCUT2D eigenvalue weighted by molar-refractivity contribution is 7.10. The Balaban J connectivity index is 2.15. The number of thiophene rings is 1. The minimum atomic E-state index is -0.182. The van der Waals surface area contributed by atoms with Gasteiger partial charge in [-0.3, -0.25) is 0 Å². The third-order valence-corrected chi connectivity index (χ3v) is 4.75. The van der Waals surface area contributed by atoms with Crippen LogP contribution in [0.5, 0.6) is 0 Å². The first-order chi connectivity index (χ1) is 8.45. The molecule has 1 saturated heterocycles. The summed E-state index contributed by atoms with van der Waals surface area (Å²) in [6.45, 7) is 7.56. The zero-order valence-electron chi connectivity index (χ0n) is 11.2. The molecule has 2 amide bonds. The second kappa shape index (κ2) is 4.90. The van der Waals surface area contributed by atoms with Gasteiger partial charge in [0.25, 0.3) is 0 Å². The van der Waals surface area contributed by atoms with Crippen molar-refractivity contribution in [3.05, 3.63) is 21.9 Å². The number of nitrogens with zero attached hydrogens (tertiary/aromatic N) is 1. The molecule has 4 nitrogen and oxygen atoms in total. The largest absolute Gasteiger partial charge is 0.330 e. The van der Waals surface area contributed by atoms with Crippen LogP contribution in [0.4, 0.5) is 4.79 Å². The van der Waals surface area contributed by atoms with E-state index in [2.05, 4.69) is 37.5 Å². The molecule has 1 atom stereocenters. The summed E-state index contributed by atoms with van der Waals surface area (Å²) in [5.41, 5.74) is 6.70. The van der Waals surface area contributed by atoms with Gasteiger partial charge in [-0.1, -0.05) is 0 Å². The third kappa shape index (κ3) is 2.37. The van der Waals surface area contributed by atoms with Gasteiger partial charge in [-0.05, 0) is 50.7 Å². The molecule has 1 aromatic rings. The first-order valence-corrected chi connectivity index (χ1v) is 7.16. The predicted molar refractivity (Wildman–Crippen MR) is 74.8 cm³/mol. The zero-order chi connectivity index (χ0) is 13.3. The van der Waals surface area contributed by atoms with Gasteiger partial charge in [-0.2, -0.15) is 0 Å². The fourth-order valence-corrected chi connectivity index (χ4v) is 3.41. The van der Waals surface area contributed by atoms with E-state index >= 15 is 0 Å². The number of amides is 2. The Morgan fingerprint density at radius 3 is 2.89 bits per heavy atom. The van der Waals surface area contributed by atoms with Crippen LogP contribution in [-0.4, -0.2) is 29.6 Å². The highest BCUT2D eigenvalue weighted by atomic mass is 32.1. The molecule has 1 unspecified atom stereocenters. The SMILES string of the molecule is Cc1ccsc1C1CN(C(C)(C)CCN)C(=O)N1. The summed E-state index contributed by atoms with van der Waals surface area (Å²) >= 11 is 1.71. The molecule has 100 valence electrons. The van der Waals surface area contributed by atoms with Crippen LogP contribution in [-0.2, 0) is 0 Å². The van der Waals surface area contributed by atoms with E-state index in [4.69, 9.17) is 5.73 Å². The monoisotopic (exact) mass is 267 g/mol. The molecule has 0 aliphatic carbocycles. The topological polar surface area (TPSA) is 58.4 Å². The van der Waals surface area contributed by atoms with Crippen molar-refractivity contribution in [2.45, 2.75) is 38.8 Å². The van der Waals surface area contributed by atoms with Crippen molar-refractivity contribution in [3.63, 3.8) is 0 Å². The smallest absolute Gasteiger partial charge is 0.318 e. The fourth-order valence-electron chi connectivity index (χ4n) is 2.44. The van der Waals surface area contributed by atoms with Crippen LogP contribution in [0, 0.1) is 6.92 Å². The normalized spacial score (nSPS) is 20.3. The first-order valence-electron chi connectivity index (χ1n) is 6.28. The molecule has 0 aromatic carbocycles. The van der Waals surface area contributed by atoms with Gasteiger partial charge in [0.2, 0.25) is 0 Å². The number of hydrogen-bond donors (Lipinski definition) is 2. The van der Waals surface area contributed by atoms with Gasteiger partial charge >= 0.3 is 6.03 Å². The van der Waals surface area contributed by atoms with Crippen LogP contribution < -0.4 is 11.1 Å². The molecule has 1 aromatic heterocycles. The molecule has 0 spiro atoms. The lowest BCUT2D eigenvalue weighted by Gasteiger charge is -2.34. The molecular formula is C13H21N3OS. The minimum absolute atomic E-state index is 0.0197. The second-order valence-corrected chi connectivity index (χ2v) is 6.38. The van der Waals surface area contributed by atoms with E-state index in [1.165, 1.54) is 10.4 Å². The number of nitrogens with two attached hydrogens (primary N) is 1. The van der Waals surface area contributed by atoms with Gasteiger partial charge < -0.3 is 16.0 Å². The minimum Gasteiger partial charge on any atom is -0.330 e. The van der Waals surface area contributed by atoms with E-state index in [9.17, 15) is 4.79 Å². The molecule has 2 rings (SSSR count). The number of hydrogen-bond acceptors (Lipinski definition) is 3.